The highest BCUT2D eigenvalue weighted by molar-refractivity contribution is 5.96. The first-order chi connectivity index (χ1) is 12.3. The molecular formula is C19H14F3NO3. The zero-order chi connectivity index (χ0) is 18.9. The van der Waals surface area contributed by atoms with Gasteiger partial charge < -0.3 is 9.32 Å². The van der Waals surface area contributed by atoms with Gasteiger partial charge in [-0.3, -0.25) is 4.79 Å². The fourth-order valence-corrected chi connectivity index (χ4v) is 2.56. The Morgan fingerprint density at radius 2 is 1.73 bits per heavy atom. The van der Waals surface area contributed by atoms with Crippen molar-refractivity contribution in [3.63, 3.8) is 0 Å². The van der Waals surface area contributed by atoms with E-state index >= 15 is 0 Å². The third-order valence-corrected chi connectivity index (χ3v) is 3.92. The zero-order valence-corrected chi connectivity index (χ0v) is 13.7. The molecule has 0 saturated carbocycles. The van der Waals surface area contributed by atoms with Crippen molar-refractivity contribution in [3.8, 4) is 0 Å². The van der Waals surface area contributed by atoms with Gasteiger partial charge in [0.25, 0.3) is 5.91 Å². The summed E-state index contributed by atoms with van der Waals surface area (Å²) in [6, 6.07) is 12.8. The molecular weight excluding hydrogens is 347 g/mol. The molecule has 1 amide bonds. The number of carbonyl (C=O) groups is 1. The first-order valence-corrected chi connectivity index (χ1v) is 7.70. The number of benzene rings is 2. The van der Waals surface area contributed by atoms with E-state index in [9.17, 15) is 22.8 Å². The predicted octanol–water partition coefficient (Wildman–Crippen LogP) is 4.08. The fourth-order valence-electron chi connectivity index (χ4n) is 2.56. The second-order valence-corrected chi connectivity index (χ2v) is 5.84. The number of rotatable bonds is 3. The molecule has 0 unspecified atom stereocenters. The van der Waals surface area contributed by atoms with Crippen molar-refractivity contribution in [2.45, 2.75) is 12.7 Å². The molecule has 0 saturated heterocycles. The Bertz CT molecular complexity index is 1010. The Balaban J connectivity index is 1.82. The van der Waals surface area contributed by atoms with Crippen LogP contribution in [0, 0.1) is 0 Å². The number of alkyl halides is 3. The maximum Gasteiger partial charge on any atom is 0.416 e. The van der Waals surface area contributed by atoms with E-state index in [0.717, 1.165) is 12.1 Å². The van der Waals surface area contributed by atoms with Crippen molar-refractivity contribution in [2.24, 2.45) is 0 Å². The summed E-state index contributed by atoms with van der Waals surface area (Å²) in [7, 11) is 1.47. The van der Waals surface area contributed by atoms with Gasteiger partial charge in [-0.05, 0) is 29.8 Å². The maximum absolute atomic E-state index is 12.6. The van der Waals surface area contributed by atoms with Crippen LogP contribution in [-0.4, -0.2) is 17.9 Å². The Kier molecular flexibility index (Phi) is 4.54. The highest BCUT2D eigenvalue weighted by Gasteiger charge is 2.30. The number of hydrogen-bond acceptors (Lipinski definition) is 3. The quantitative estimate of drug-likeness (QED) is 0.661. The fraction of sp³-hybridized carbons (Fsp3) is 0.158. The van der Waals surface area contributed by atoms with Crippen molar-refractivity contribution < 1.29 is 22.4 Å². The molecule has 0 N–H and O–H groups in total. The van der Waals surface area contributed by atoms with E-state index in [1.54, 1.807) is 24.3 Å². The summed E-state index contributed by atoms with van der Waals surface area (Å²) in [5, 5.41) is 0.610. The van der Waals surface area contributed by atoms with Crippen LogP contribution in [0.3, 0.4) is 0 Å². The van der Waals surface area contributed by atoms with Crippen molar-refractivity contribution >= 4 is 16.9 Å². The van der Waals surface area contributed by atoms with Gasteiger partial charge in [0.2, 0.25) is 0 Å². The highest BCUT2D eigenvalue weighted by Crippen LogP contribution is 2.29. The van der Waals surface area contributed by atoms with Crippen molar-refractivity contribution in [3.05, 3.63) is 81.7 Å². The van der Waals surface area contributed by atoms with Gasteiger partial charge in [0, 0.05) is 19.0 Å². The van der Waals surface area contributed by atoms with Crippen molar-refractivity contribution in [1.82, 2.24) is 4.90 Å². The SMILES string of the molecule is CN(Cc1ccc(C(F)(F)F)cc1)C(=O)c1cc2ccccc2oc1=O. The molecule has 3 rings (SSSR count). The molecule has 0 aliphatic heterocycles. The van der Waals surface area contributed by atoms with E-state index < -0.39 is 23.3 Å². The van der Waals surface area contributed by atoms with Crippen LogP contribution in [0.4, 0.5) is 13.2 Å². The van der Waals surface area contributed by atoms with Gasteiger partial charge >= 0.3 is 11.8 Å². The summed E-state index contributed by atoms with van der Waals surface area (Å²) in [6.45, 7) is 0.0588. The molecule has 1 heterocycles. The number of carbonyl (C=O) groups excluding carboxylic acids is 1. The van der Waals surface area contributed by atoms with Crippen LogP contribution in [0.25, 0.3) is 11.0 Å². The number of para-hydroxylation sites is 1. The van der Waals surface area contributed by atoms with Gasteiger partial charge in [-0.1, -0.05) is 30.3 Å². The predicted molar refractivity (Wildman–Crippen MR) is 89.7 cm³/mol. The summed E-state index contributed by atoms with van der Waals surface area (Å²) >= 11 is 0. The molecule has 3 aromatic rings. The molecule has 4 nitrogen and oxygen atoms in total. The number of hydrogen-bond donors (Lipinski definition) is 0. The molecule has 2 aromatic carbocycles. The third-order valence-electron chi connectivity index (χ3n) is 3.92. The molecule has 26 heavy (non-hydrogen) atoms. The van der Waals surface area contributed by atoms with Crippen LogP contribution in [0.2, 0.25) is 0 Å². The molecule has 0 atom stereocenters. The molecule has 0 fully saturated rings. The third kappa shape index (κ3) is 3.61. The Labute approximate surface area is 146 Å². The lowest BCUT2D eigenvalue weighted by molar-refractivity contribution is -0.137. The van der Waals surface area contributed by atoms with Crippen molar-refractivity contribution in [1.29, 1.82) is 0 Å². The van der Waals surface area contributed by atoms with Crippen LogP contribution in [0.15, 0.2) is 63.8 Å². The highest BCUT2D eigenvalue weighted by atomic mass is 19.4. The topological polar surface area (TPSA) is 50.5 Å². The van der Waals surface area contributed by atoms with Gasteiger partial charge in [0.05, 0.1) is 5.56 Å². The molecule has 7 heteroatoms. The second kappa shape index (κ2) is 6.67. The number of nitrogens with zero attached hydrogens (tertiary/aromatic N) is 1. The monoisotopic (exact) mass is 361 g/mol. The Hall–Kier alpha value is -3.09. The number of amides is 1. The average Bonchev–Trinajstić information content (AvgIpc) is 2.60. The maximum atomic E-state index is 12.6. The van der Waals surface area contributed by atoms with Crippen LogP contribution >= 0.6 is 0 Å². The standard InChI is InChI=1S/C19H14F3NO3/c1-23(11-12-6-8-14(9-7-12)19(20,21)22)17(24)15-10-13-4-2-3-5-16(13)26-18(15)25/h2-10H,11H2,1H3. The number of fused-ring (bicyclic) bond motifs is 1. The minimum Gasteiger partial charge on any atom is -0.422 e. The molecule has 134 valence electrons. The molecule has 1 aromatic heterocycles. The van der Waals surface area contributed by atoms with Crippen molar-refractivity contribution in [2.75, 3.05) is 7.05 Å². The molecule has 0 aliphatic rings. The van der Waals surface area contributed by atoms with Crippen LogP contribution in [0.5, 0.6) is 0 Å². The summed E-state index contributed by atoms with van der Waals surface area (Å²) in [5.41, 5.74) is -0.755. The van der Waals surface area contributed by atoms with E-state index in [1.165, 1.54) is 30.1 Å². The van der Waals surface area contributed by atoms with Gasteiger partial charge in [-0.15, -0.1) is 0 Å². The molecule has 0 radical (unpaired) electrons. The van der Waals surface area contributed by atoms with Gasteiger partial charge in [0.1, 0.15) is 11.1 Å². The van der Waals surface area contributed by atoms with Gasteiger partial charge in [-0.25, -0.2) is 4.79 Å². The lowest BCUT2D eigenvalue weighted by Gasteiger charge is -2.17. The lowest BCUT2D eigenvalue weighted by Crippen LogP contribution is -2.30. The largest absolute Gasteiger partial charge is 0.422 e. The summed E-state index contributed by atoms with van der Waals surface area (Å²) in [4.78, 5) is 25.8. The van der Waals surface area contributed by atoms with Gasteiger partial charge in [-0.2, -0.15) is 13.2 Å². The minimum absolute atomic E-state index is 0.0588. The van der Waals surface area contributed by atoms with E-state index in [4.69, 9.17) is 4.42 Å². The normalized spacial score (nSPS) is 11.5. The minimum atomic E-state index is -4.41. The second-order valence-electron chi connectivity index (χ2n) is 5.84. The number of halogens is 3. The van der Waals surface area contributed by atoms with Crippen LogP contribution in [-0.2, 0) is 12.7 Å². The lowest BCUT2D eigenvalue weighted by atomic mass is 10.1. The van der Waals surface area contributed by atoms with E-state index in [2.05, 4.69) is 0 Å². The molecule has 0 spiro atoms. The summed E-state index contributed by atoms with van der Waals surface area (Å²) in [6.07, 6.45) is -4.41. The summed E-state index contributed by atoms with van der Waals surface area (Å²) < 4.78 is 42.9. The smallest absolute Gasteiger partial charge is 0.416 e. The molecule has 0 aliphatic carbocycles. The zero-order valence-electron chi connectivity index (χ0n) is 13.7. The van der Waals surface area contributed by atoms with Crippen LogP contribution in [0.1, 0.15) is 21.5 Å². The first-order valence-electron chi connectivity index (χ1n) is 7.70. The van der Waals surface area contributed by atoms with E-state index in [-0.39, 0.29) is 12.1 Å². The summed E-state index contributed by atoms with van der Waals surface area (Å²) in [5.74, 6) is -0.565. The van der Waals surface area contributed by atoms with E-state index in [0.29, 0.717) is 16.5 Å². The van der Waals surface area contributed by atoms with Gasteiger partial charge in [0.15, 0.2) is 0 Å². The van der Waals surface area contributed by atoms with E-state index in [1.807, 2.05) is 0 Å². The first kappa shape index (κ1) is 17.7. The molecule has 0 bridgehead atoms. The van der Waals surface area contributed by atoms with Crippen LogP contribution < -0.4 is 5.63 Å². The Morgan fingerprint density at radius 3 is 2.38 bits per heavy atom. The Morgan fingerprint density at radius 1 is 1.08 bits per heavy atom. The average molecular weight is 361 g/mol.